The van der Waals surface area contributed by atoms with Gasteiger partial charge in [0.05, 0.1) is 16.3 Å². The molecule has 19 heavy (non-hydrogen) atoms. The Kier molecular flexibility index (Phi) is 7.11. The minimum atomic E-state index is -0.794. The molecule has 0 atom stereocenters. The highest BCUT2D eigenvalue weighted by molar-refractivity contribution is 14.1. The summed E-state index contributed by atoms with van der Waals surface area (Å²) in [6, 6.07) is 0. The number of carbonyl (C=O) groups is 3. The molecule has 1 fully saturated rings. The lowest BCUT2D eigenvalue weighted by atomic mass is 9.82. The van der Waals surface area contributed by atoms with Gasteiger partial charge >= 0.3 is 17.9 Å². The summed E-state index contributed by atoms with van der Waals surface area (Å²) in [5.41, 5.74) is 0. The lowest BCUT2D eigenvalue weighted by Crippen LogP contribution is -2.27. The van der Waals surface area contributed by atoms with Crippen molar-refractivity contribution in [2.45, 2.75) is 25.7 Å². The number of halogens is 1. The highest BCUT2D eigenvalue weighted by atomic mass is 127. The molecule has 0 bridgehead atoms. The van der Waals surface area contributed by atoms with Gasteiger partial charge < -0.3 is 14.6 Å². The molecule has 1 rings (SSSR count). The highest BCUT2D eigenvalue weighted by Gasteiger charge is 2.30. The summed E-state index contributed by atoms with van der Waals surface area (Å²) < 4.78 is 10.1. The summed E-state index contributed by atoms with van der Waals surface area (Å²) in [5.74, 6) is -2.02. The van der Waals surface area contributed by atoms with Crippen molar-refractivity contribution in [1.29, 1.82) is 0 Å². The van der Waals surface area contributed by atoms with Gasteiger partial charge in [-0.1, -0.05) is 22.6 Å². The number of alkyl halides is 1. The molecule has 6 nitrogen and oxygen atoms in total. The number of carbonyl (C=O) groups excluding carboxylic acids is 2. The van der Waals surface area contributed by atoms with Crippen LogP contribution in [0, 0.1) is 11.8 Å². The van der Waals surface area contributed by atoms with Gasteiger partial charge in [-0.25, -0.2) is 0 Å². The lowest BCUT2D eigenvalue weighted by Gasteiger charge is -2.24. The molecule has 0 aliphatic heterocycles. The van der Waals surface area contributed by atoms with Crippen LogP contribution in [0.3, 0.4) is 0 Å². The first-order valence-corrected chi connectivity index (χ1v) is 7.68. The first kappa shape index (κ1) is 16.2. The Balaban J connectivity index is 2.17. The van der Waals surface area contributed by atoms with Crippen molar-refractivity contribution in [3.8, 4) is 0 Å². The molecule has 1 N–H and O–H groups in total. The van der Waals surface area contributed by atoms with Crippen molar-refractivity contribution >= 4 is 40.5 Å². The van der Waals surface area contributed by atoms with Crippen molar-refractivity contribution < 1.29 is 29.0 Å². The van der Waals surface area contributed by atoms with Crippen LogP contribution in [0.25, 0.3) is 0 Å². The van der Waals surface area contributed by atoms with Gasteiger partial charge in [-0.2, -0.15) is 0 Å². The van der Waals surface area contributed by atoms with Crippen LogP contribution in [-0.2, 0) is 23.9 Å². The molecule has 0 unspecified atom stereocenters. The number of carboxylic acid groups (broad SMARTS) is 1. The summed E-state index contributed by atoms with van der Waals surface area (Å²) in [7, 11) is 0. The largest absolute Gasteiger partial charge is 0.481 e. The number of ether oxygens (including phenoxy) is 2. The van der Waals surface area contributed by atoms with Gasteiger partial charge in [0.1, 0.15) is 13.2 Å². The summed E-state index contributed by atoms with van der Waals surface area (Å²) in [6.45, 7) is 0.123. The van der Waals surface area contributed by atoms with Crippen LogP contribution in [0.2, 0.25) is 0 Å². The zero-order chi connectivity index (χ0) is 14.3. The standard InChI is InChI=1S/C12H17IO6/c13-7-10(14)18-5-6-19-12(17)9-3-1-8(2-4-9)11(15)16/h8-9H,1-7H2,(H,15,16). The number of hydrogen-bond donors (Lipinski definition) is 1. The maximum absolute atomic E-state index is 11.7. The molecule has 0 aromatic heterocycles. The average Bonchev–Trinajstić information content (AvgIpc) is 2.43. The summed E-state index contributed by atoms with van der Waals surface area (Å²) in [5, 5.41) is 8.85. The molecule has 7 heteroatoms. The van der Waals surface area contributed by atoms with Crippen molar-refractivity contribution in [3.63, 3.8) is 0 Å². The van der Waals surface area contributed by atoms with Gasteiger partial charge in [0.25, 0.3) is 0 Å². The van der Waals surface area contributed by atoms with Gasteiger partial charge in [0, 0.05) is 0 Å². The van der Waals surface area contributed by atoms with Crippen LogP contribution in [0.4, 0.5) is 0 Å². The number of rotatable bonds is 6. The molecule has 0 radical (unpaired) electrons. The fourth-order valence-electron chi connectivity index (χ4n) is 2.03. The Labute approximate surface area is 125 Å². The average molecular weight is 384 g/mol. The van der Waals surface area contributed by atoms with Crippen molar-refractivity contribution in [3.05, 3.63) is 0 Å². The lowest BCUT2D eigenvalue weighted by molar-refractivity contribution is -0.156. The molecule has 0 amide bonds. The zero-order valence-electron chi connectivity index (χ0n) is 10.5. The topological polar surface area (TPSA) is 89.9 Å². The Bertz CT molecular complexity index is 335. The van der Waals surface area contributed by atoms with Crippen LogP contribution in [0.1, 0.15) is 25.7 Å². The highest BCUT2D eigenvalue weighted by Crippen LogP contribution is 2.29. The molecule has 108 valence electrons. The molecule has 0 heterocycles. The minimum absolute atomic E-state index is 0.0556. The maximum Gasteiger partial charge on any atom is 0.315 e. The molecule has 1 aliphatic rings. The van der Waals surface area contributed by atoms with E-state index < -0.39 is 5.97 Å². The second-order valence-electron chi connectivity index (χ2n) is 4.41. The van der Waals surface area contributed by atoms with Gasteiger partial charge in [-0.15, -0.1) is 0 Å². The summed E-state index contributed by atoms with van der Waals surface area (Å²) in [6.07, 6.45) is 2.12. The van der Waals surface area contributed by atoms with Crippen LogP contribution in [0.15, 0.2) is 0 Å². The van der Waals surface area contributed by atoms with Crippen LogP contribution >= 0.6 is 22.6 Å². The molecule has 1 aliphatic carbocycles. The fourth-order valence-corrected chi connectivity index (χ4v) is 2.25. The molecule has 0 saturated heterocycles. The Morgan fingerprint density at radius 2 is 1.53 bits per heavy atom. The van der Waals surface area contributed by atoms with E-state index in [1.165, 1.54) is 0 Å². The van der Waals surface area contributed by atoms with E-state index in [0.29, 0.717) is 25.7 Å². The smallest absolute Gasteiger partial charge is 0.315 e. The van der Waals surface area contributed by atoms with Crippen LogP contribution in [0.5, 0.6) is 0 Å². The van der Waals surface area contributed by atoms with Crippen molar-refractivity contribution in [1.82, 2.24) is 0 Å². The van der Waals surface area contributed by atoms with Gasteiger partial charge in [-0.3, -0.25) is 14.4 Å². The Morgan fingerprint density at radius 1 is 1.00 bits per heavy atom. The van der Waals surface area contributed by atoms with E-state index in [-0.39, 0.29) is 41.4 Å². The predicted molar refractivity (Wildman–Crippen MR) is 73.9 cm³/mol. The SMILES string of the molecule is O=C(CI)OCCOC(=O)C1CCC(C(=O)O)CC1. The fraction of sp³-hybridized carbons (Fsp3) is 0.750. The van der Waals surface area contributed by atoms with Crippen molar-refractivity contribution in [2.75, 3.05) is 17.6 Å². The molecule has 0 aromatic carbocycles. The number of hydrogen-bond acceptors (Lipinski definition) is 5. The van der Waals surface area contributed by atoms with E-state index in [4.69, 9.17) is 14.6 Å². The van der Waals surface area contributed by atoms with E-state index in [2.05, 4.69) is 0 Å². The van der Waals surface area contributed by atoms with Crippen LogP contribution in [-0.4, -0.2) is 40.7 Å². The van der Waals surface area contributed by atoms with Crippen molar-refractivity contribution in [2.24, 2.45) is 11.8 Å². The number of esters is 2. The van der Waals surface area contributed by atoms with E-state index >= 15 is 0 Å². The molecule has 1 saturated carbocycles. The number of carboxylic acids is 1. The third-order valence-corrected chi connectivity index (χ3v) is 3.73. The van der Waals surface area contributed by atoms with E-state index in [0.717, 1.165) is 0 Å². The van der Waals surface area contributed by atoms with Gasteiger partial charge in [0.2, 0.25) is 0 Å². The summed E-state index contributed by atoms with van der Waals surface area (Å²) in [4.78, 5) is 33.3. The minimum Gasteiger partial charge on any atom is -0.481 e. The summed E-state index contributed by atoms with van der Waals surface area (Å²) >= 11 is 1.89. The molecule has 0 spiro atoms. The van der Waals surface area contributed by atoms with Gasteiger partial charge in [-0.05, 0) is 25.7 Å². The van der Waals surface area contributed by atoms with Gasteiger partial charge in [0.15, 0.2) is 0 Å². The van der Waals surface area contributed by atoms with Crippen LogP contribution < -0.4 is 0 Å². The third kappa shape index (κ3) is 5.75. The first-order valence-electron chi connectivity index (χ1n) is 6.15. The van der Waals surface area contributed by atoms with E-state index in [9.17, 15) is 14.4 Å². The second-order valence-corrected chi connectivity index (χ2v) is 5.17. The maximum atomic E-state index is 11.7. The zero-order valence-corrected chi connectivity index (χ0v) is 12.6. The third-order valence-electron chi connectivity index (χ3n) is 3.11. The normalized spacial score (nSPS) is 22.6. The Hall–Kier alpha value is -0.860. The monoisotopic (exact) mass is 384 g/mol. The first-order chi connectivity index (χ1) is 9.04. The predicted octanol–water partition coefficient (Wildman–Crippen LogP) is 1.40. The number of aliphatic carboxylic acids is 1. The Morgan fingerprint density at radius 3 is 2.05 bits per heavy atom. The van der Waals surface area contributed by atoms with E-state index in [1.807, 2.05) is 22.6 Å². The quantitative estimate of drug-likeness (QED) is 0.322. The molecular weight excluding hydrogens is 367 g/mol. The molecule has 0 aromatic rings. The molecular formula is C12H17IO6. The van der Waals surface area contributed by atoms with E-state index in [1.54, 1.807) is 0 Å². The second kappa shape index (κ2) is 8.34.